The van der Waals surface area contributed by atoms with Crippen LogP contribution in [0, 0.1) is 45.3 Å². The monoisotopic (exact) mass is 963 g/mol. The number of allylic oxidation sites excluding steroid dienone is 1. The largest absolute Gasteiger partial charge is 0.394 e. The molecular weight excluding hydrogens is 881 g/mol. The zero-order valence-corrected chi connectivity index (χ0v) is 40.3. The zero-order chi connectivity index (χ0) is 49.5. The first-order chi connectivity index (χ1) is 31.2. The Labute approximate surface area is 393 Å². The molecule has 0 radical (unpaired) electrons. The highest BCUT2D eigenvalue weighted by molar-refractivity contribution is 5.32. The molecule has 6 fully saturated rings. The van der Waals surface area contributed by atoms with Crippen LogP contribution in [0.4, 0.5) is 0 Å². The molecule has 7 aliphatic rings. The Kier molecular flexibility index (Phi) is 15.9. The number of aliphatic hydroxyl groups excluding tert-OH is 12. The van der Waals surface area contributed by atoms with E-state index in [1.54, 1.807) is 13.8 Å². The molecule has 3 saturated carbocycles. The van der Waals surface area contributed by atoms with E-state index in [1.807, 2.05) is 0 Å². The van der Waals surface area contributed by atoms with Gasteiger partial charge in [-0.25, -0.2) is 0 Å². The van der Waals surface area contributed by atoms with Crippen LogP contribution in [0.3, 0.4) is 0 Å². The van der Waals surface area contributed by atoms with Crippen LogP contribution >= 0.6 is 0 Å². The van der Waals surface area contributed by atoms with Gasteiger partial charge in [-0.15, -0.1) is 0 Å². The quantitative estimate of drug-likeness (QED) is 0.0924. The maximum Gasteiger partial charge on any atom is 0.187 e. The molecule has 13 N–H and O–H groups in total. The minimum atomic E-state index is -1.75. The van der Waals surface area contributed by atoms with Gasteiger partial charge in [0.15, 0.2) is 18.9 Å². The molecule has 388 valence electrons. The van der Waals surface area contributed by atoms with Crippen molar-refractivity contribution in [1.82, 2.24) is 0 Å². The summed E-state index contributed by atoms with van der Waals surface area (Å²) in [6, 6.07) is 0. The molecule has 3 saturated heterocycles. The SMILES string of the molecule is C[C@H](CC[C@@H](O[C@@H]1O[C@H](CO[C@@H]2O[C@H](CO)[C@@H](O)[C@H](O)[C@H]2O)[C@@H](O)[C@H](O)[C@H]1O)C(C)(C)O)[C@H]1CC[C@@]2(C)[C@@H]3CC=C4[C@@H](CC[C@H](O[C@@H]5O[C@H](CO)[C@@H](O)[C@H](O)[C@H]5O)C4(C)C)[C@]3(C)[C@H](O)C[C@]12C. The van der Waals surface area contributed by atoms with Crippen molar-refractivity contribution in [3.63, 3.8) is 0 Å². The van der Waals surface area contributed by atoms with Crippen LogP contribution in [0.2, 0.25) is 0 Å². The van der Waals surface area contributed by atoms with Crippen LogP contribution in [-0.2, 0) is 28.4 Å². The highest BCUT2D eigenvalue weighted by Crippen LogP contribution is 2.75. The number of ether oxygens (including phenoxy) is 6. The van der Waals surface area contributed by atoms with Crippen LogP contribution in [0.15, 0.2) is 11.6 Å². The van der Waals surface area contributed by atoms with E-state index in [0.29, 0.717) is 25.7 Å². The highest BCUT2D eigenvalue weighted by Gasteiger charge is 2.70. The minimum absolute atomic E-state index is 0.0596. The Morgan fingerprint density at radius 3 is 1.79 bits per heavy atom. The molecule has 0 aromatic rings. The molecule has 0 unspecified atom stereocenters. The Balaban J connectivity index is 1.01. The fourth-order valence-electron chi connectivity index (χ4n) is 14.2. The van der Waals surface area contributed by atoms with Gasteiger partial charge in [-0.2, -0.15) is 0 Å². The molecule has 0 aromatic heterocycles. The van der Waals surface area contributed by atoms with Gasteiger partial charge in [-0.3, -0.25) is 0 Å². The molecule has 19 nitrogen and oxygen atoms in total. The molecule has 19 heteroatoms. The van der Waals surface area contributed by atoms with Crippen LogP contribution in [0.25, 0.3) is 0 Å². The van der Waals surface area contributed by atoms with E-state index < -0.39 is 147 Å². The van der Waals surface area contributed by atoms with Crippen molar-refractivity contribution in [1.29, 1.82) is 0 Å². The van der Waals surface area contributed by atoms with Crippen molar-refractivity contribution in [2.75, 3.05) is 19.8 Å². The lowest BCUT2D eigenvalue weighted by Crippen LogP contribution is -2.65. The summed E-state index contributed by atoms with van der Waals surface area (Å²) >= 11 is 0. The maximum atomic E-state index is 12.6. The van der Waals surface area contributed by atoms with Crippen molar-refractivity contribution in [3.8, 4) is 0 Å². The van der Waals surface area contributed by atoms with Gasteiger partial charge >= 0.3 is 0 Å². The van der Waals surface area contributed by atoms with Crippen molar-refractivity contribution in [2.24, 2.45) is 45.3 Å². The van der Waals surface area contributed by atoms with Crippen LogP contribution < -0.4 is 0 Å². The second-order valence-electron chi connectivity index (χ2n) is 23.1. The van der Waals surface area contributed by atoms with Gasteiger partial charge in [-0.05, 0) is 99.7 Å². The molecule has 0 spiro atoms. The number of fused-ring (bicyclic) bond motifs is 5. The number of aliphatic hydroxyl groups is 13. The lowest BCUT2D eigenvalue weighted by molar-refractivity contribution is -0.341. The molecule has 25 atom stereocenters. The van der Waals surface area contributed by atoms with Crippen molar-refractivity contribution in [2.45, 2.75) is 223 Å². The third kappa shape index (κ3) is 9.24. The molecule has 4 aliphatic carbocycles. The predicted octanol–water partition coefficient (Wildman–Crippen LogP) is -1.06. The van der Waals surface area contributed by atoms with E-state index >= 15 is 0 Å². The van der Waals surface area contributed by atoms with Crippen molar-refractivity contribution >= 4 is 0 Å². The fraction of sp³-hybridized carbons (Fsp3) is 0.958. The summed E-state index contributed by atoms with van der Waals surface area (Å²) in [7, 11) is 0. The van der Waals surface area contributed by atoms with Crippen molar-refractivity contribution < 1.29 is 94.8 Å². The van der Waals surface area contributed by atoms with Gasteiger partial charge < -0.3 is 94.8 Å². The van der Waals surface area contributed by atoms with Crippen LogP contribution in [0.5, 0.6) is 0 Å². The molecule has 67 heavy (non-hydrogen) atoms. The summed E-state index contributed by atoms with van der Waals surface area (Å²) in [5, 5.41) is 138. The summed E-state index contributed by atoms with van der Waals surface area (Å²) in [6.45, 7) is 14.8. The first-order valence-electron chi connectivity index (χ1n) is 24.5. The molecule has 0 amide bonds. The first kappa shape index (κ1) is 53.8. The standard InChI is InChI=1S/C48H82O19/c1-21(9-13-31(45(4,5)61)67-43-40(60)37(57)34(54)27(65-43)20-62-41-38(58)35(55)32(52)25(18-49)63-41)22-15-16-46(6)28-12-10-23-24(48(28,8)29(51)17-47(22,46)7)11-14-30(44(23,2)3)66-42-39(59)36(56)33(53)26(19-50)64-42/h10,21-22,24-43,49-61H,9,11-20H2,1-8H3/t21-,22-,24-,25-,26-,27-,28+,29-,30+,31-,32-,33-,34-,35+,36+,37+,38-,39-,40-,41-,42+,43+,46+,47-,48+/m1/s1. The topological polar surface area (TPSA) is 318 Å². The normalized spacial score (nSPS) is 51.0. The predicted molar refractivity (Wildman–Crippen MR) is 235 cm³/mol. The summed E-state index contributed by atoms with van der Waals surface area (Å²) in [5.41, 5.74) is -1.60. The Morgan fingerprint density at radius 1 is 0.672 bits per heavy atom. The van der Waals surface area contributed by atoms with E-state index in [4.69, 9.17) is 28.4 Å². The third-order valence-electron chi connectivity index (χ3n) is 18.7. The van der Waals surface area contributed by atoms with Gasteiger partial charge in [0, 0.05) is 10.8 Å². The summed E-state index contributed by atoms with van der Waals surface area (Å²) < 4.78 is 35.3. The molecule has 0 bridgehead atoms. The average Bonchev–Trinajstić information content (AvgIpc) is 3.54. The van der Waals surface area contributed by atoms with E-state index in [2.05, 4.69) is 47.6 Å². The lowest BCUT2D eigenvalue weighted by atomic mass is 9.38. The van der Waals surface area contributed by atoms with Gasteiger partial charge in [0.1, 0.15) is 73.2 Å². The highest BCUT2D eigenvalue weighted by atomic mass is 16.7. The second kappa shape index (κ2) is 19.8. The number of hydrogen-bond donors (Lipinski definition) is 13. The van der Waals surface area contributed by atoms with Gasteiger partial charge in [-0.1, -0.05) is 53.2 Å². The van der Waals surface area contributed by atoms with Gasteiger partial charge in [0.2, 0.25) is 0 Å². The van der Waals surface area contributed by atoms with E-state index in [0.717, 1.165) is 25.7 Å². The molecule has 7 rings (SSSR count). The Hall–Kier alpha value is -1.02. The summed E-state index contributed by atoms with van der Waals surface area (Å²) in [4.78, 5) is 0. The maximum absolute atomic E-state index is 12.6. The van der Waals surface area contributed by atoms with Crippen molar-refractivity contribution in [3.05, 3.63) is 11.6 Å². The molecule has 0 aromatic carbocycles. The molecule has 3 heterocycles. The second-order valence-corrected chi connectivity index (χ2v) is 23.1. The molecule has 3 aliphatic heterocycles. The Bertz CT molecular complexity index is 1710. The zero-order valence-electron chi connectivity index (χ0n) is 40.3. The van der Waals surface area contributed by atoms with Crippen LogP contribution in [-0.4, -0.2) is 202 Å². The fourth-order valence-corrected chi connectivity index (χ4v) is 14.2. The minimum Gasteiger partial charge on any atom is -0.394 e. The van der Waals surface area contributed by atoms with E-state index in [1.165, 1.54) is 5.57 Å². The summed E-state index contributed by atoms with van der Waals surface area (Å²) in [5.74, 6) is 0.547. The van der Waals surface area contributed by atoms with Gasteiger partial charge in [0.25, 0.3) is 0 Å². The Morgan fingerprint density at radius 2 is 1.21 bits per heavy atom. The van der Waals surface area contributed by atoms with E-state index in [-0.39, 0.29) is 34.5 Å². The van der Waals surface area contributed by atoms with E-state index in [9.17, 15) is 66.4 Å². The van der Waals surface area contributed by atoms with Gasteiger partial charge in [0.05, 0.1) is 43.7 Å². The smallest absolute Gasteiger partial charge is 0.187 e. The lowest BCUT2D eigenvalue weighted by Gasteiger charge is -2.67. The first-order valence-corrected chi connectivity index (χ1v) is 24.5. The average molecular weight is 963 g/mol. The molecular formula is C48H82O19. The number of rotatable bonds is 14. The van der Waals surface area contributed by atoms with Crippen LogP contribution in [0.1, 0.15) is 107 Å². The number of hydrogen-bond acceptors (Lipinski definition) is 19. The third-order valence-corrected chi connectivity index (χ3v) is 18.7. The summed E-state index contributed by atoms with van der Waals surface area (Å²) in [6.07, 6.45) is -16.7.